The van der Waals surface area contributed by atoms with Crippen molar-refractivity contribution < 1.29 is 4.79 Å². The molecule has 1 atom stereocenters. The predicted octanol–water partition coefficient (Wildman–Crippen LogP) is 3.93. The fraction of sp³-hybridized carbons (Fsp3) is 0.158. The van der Waals surface area contributed by atoms with Crippen molar-refractivity contribution in [3.05, 3.63) is 87.9 Å². The van der Waals surface area contributed by atoms with Crippen molar-refractivity contribution in [2.75, 3.05) is 6.54 Å². The summed E-state index contributed by atoms with van der Waals surface area (Å²) in [5.41, 5.74) is 3.65. The first kappa shape index (κ1) is 14.2. The maximum atomic E-state index is 13.0. The number of hydrogen-bond donors (Lipinski definition) is 0. The van der Waals surface area contributed by atoms with Gasteiger partial charge in [-0.1, -0.05) is 30.3 Å². The number of aromatic nitrogens is 1. The van der Waals surface area contributed by atoms with E-state index in [2.05, 4.69) is 23.2 Å². The first-order chi connectivity index (χ1) is 11.3. The normalized spacial score (nSPS) is 16.9. The number of nitrogens with zero attached hydrogens (tertiary/aromatic N) is 2. The van der Waals surface area contributed by atoms with E-state index in [0.717, 1.165) is 23.4 Å². The molecule has 0 bridgehead atoms. The molecule has 0 radical (unpaired) electrons. The maximum absolute atomic E-state index is 13.0. The summed E-state index contributed by atoms with van der Waals surface area (Å²) in [4.78, 5) is 19.9. The Kier molecular flexibility index (Phi) is 3.67. The minimum Gasteiger partial charge on any atom is -0.326 e. The number of amides is 1. The van der Waals surface area contributed by atoms with Gasteiger partial charge in [-0.2, -0.15) is 0 Å². The van der Waals surface area contributed by atoms with E-state index < -0.39 is 0 Å². The van der Waals surface area contributed by atoms with E-state index in [0.29, 0.717) is 0 Å². The van der Waals surface area contributed by atoms with Gasteiger partial charge in [0.05, 0.1) is 10.9 Å². The Morgan fingerprint density at radius 2 is 1.91 bits per heavy atom. The third-order valence-corrected chi connectivity index (χ3v) is 5.16. The highest BCUT2D eigenvalue weighted by Gasteiger charge is 2.32. The highest BCUT2D eigenvalue weighted by molar-refractivity contribution is 7.12. The third kappa shape index (κ3) is 2.55. The predicted molar refractivity (Wildman–Crippen MR) is 91.6 cm³/mol. The van der Waals surface area contributed by atoms with E-state index in [1.54, 1.807) is 12.4 Å². The van der Waals surface area contributed by atoms with Crippen LogP contribution in [0.2, 0.25) is 0 Å². The molecule has 0 unspecified atom stereocenters. The second kappa shape index (κ2) is 5.97. The average Bonchev–Trinajstić information content (AvgIpc) is 3.15. The van der Waals surface area contributed by atoms with Crippen LogP contribution in [0.5, 0.6) is 0 Å². The number of thiophene rings is 1. The summed E-state index contributed by atoms with van der Waals surface area (Å²) in [7, 11) is 0. The van der Waals surface area contributed by atoms with Crippen LogP contribution >= 0.6 is 11.3 Å². The lowest BCUT2D eigenvalue weighted by Gasteiger charge is -2.37. The Morgan fingerprint density at radius 1 is 1.09 bits per heavy atom. The molecule has 1 aromatic carbocycles. The van der Waals surface area contributed by atoms with Gasteiger partial charge in [-0.3, -0.25) is 9.78 Å². The Balaban J connectivity index is 1.81. The molecule has 0 saturated heterocycles. The Bertz CT molecular complexity index is 814. The number of carbonyl (C=O) groups is 1. The van der Waals surface area contributed by atoms with Gasteiger partial charge in [0.15, 0.2) is 0 Å². The van der Waals surface area contributed by atoms with Crippen LogP contribution in [0.15, 0.2) is 66.3 Å². The summed E-state index contributed by atoms with van der Waals surface area (Å²) in [6.07, 6.45) is 4.48. The van der Waals surface area contributed by atoms with Crippen molar-refractivity contribution >= 4 is 17.2 Å². The molecular formula is C19H16N2OS. The van der Waals surface area contributed by atoms with E-state index >= 15 is 0 Å². The summed E-state index contributed by atoms with van der Waals surface area (Å²) < 4.78 is 0. The number of hydrogen-bond acceptors (Lipinski definition) is 3. The molecule has 0 aliphatic carbocycles. The lowest BCUT2D eigenvalue weighted by molar-refractivity contribution is 0.0699. The Hall–Kier alpha value is -2.46. The minimum atomic E-state index is -0.0439. The molecule has 0 saturated carbocycles. The molecule has 0 fully saturated rings. The van der Waals surface area contributed by atoms with Gasteiger partial charge in [0, 0.05) is 18.9 Å². The van der Waals surface area contributed by atoms with Gasteiger partial charge >= 0.3 is 0 Å². The lowest BCUT2D eigenvalue weighted by Crippen LogP contribution is -2.40. The number of benzene rings is 1. The second-order valence-electron chi connectivity index (χ2n) is 5.61. The van der Waals surface area contributed by atoms with Crippen molar-refractivity contribution in [3.63, 3.8) is 0 Å². The van der Waals surface area contributed by atoms with Crippen LogP contribution in [-0.2, 0) is 6.42 Å². The zero-order chi connectivity index (χ0) is 15.6. The molecule has 1 aliphatic rings. The van der Waals surface area contributed by atoms with Crippen LogP contribution in [0.1, 0.15) is 32.4 Å². The van der Waals surface area contributed by atoms with Crippen molar-refractivity contribution in [2.24, 2.45) is 0 Å². The molecule has 1 aliphatic heterocycles. The largest absolute Gasteiger partial charge is 0.326 e. The standard InChI is InChI=1S/C19H16N2OS/c22-19(17-6-3-13-23-17)21-12-9-14-4-1-2-5-16(14)18(21)15-7-10-20-11-8-15/h1-8,10-11,13,18H,9,12H2/t18-/m0/s1. The van der Waals surface area contributed by atoms with E-state index in [1.165, 1.54) is 22.5 Å². The zero-order valence-corrected chi connectivity index (χ0v) is 13.4. The minimum absolute atomic E-state index is 0.0439. The molecule has 4 rings (SSSR count). The molecular weight excluding hydrogens is 304 g/mol. The highest BCUT2D eigenvalue weighted by Crippen LogP contribution is 2.36. The molecule has 0 spiro atoms. The van der Waals surface area contributed by atoms with E-state index in [-0.39, 0.29) is 11.9 Å². The van der Waals surface area contributed by atoms with Crippen molar-refractivity contribution in [1.82, 2.24) is 9.88 Å². The number of pyridine rings is 1. The smallest absolute Gasteiger partial charge is 0.264 e. The summed E-state index contributed by atoms with van der Waals surface area (Å²) in [5.74, 6) is 0.108. The fourth-order valence-electron chi connectivity index (χ4n) is 3.23. The molecule has 23 heavy (non-hydrogen) atoms. The van der Waals surface area contributed by atoms with Gasteiger partial charge in [0.25, 0.3) is 5.91 Å². The Morgan fingerprint density at radius 3 is 2.70 bits per heavy atom. The van der Waals surface area contributed by atoms with Crippen molar-refractivity contribution in [1.29, 1.82) is 0 Å². The summed E-state index contributed by atoms with van der Waals surface area (Å²) in [6, 6.07) is 16.2. The van der Waals surface area contributed by atoms with Crippen LogP contribution in [0.3, 0.4) is 0 Å². The monoisotopic (exact) mass is 320 g/mol. The first-order valence-electron chi connectivity index (χ1n) is 7.67. The average molecular weight is 320 g/mol. The number of carbonyl (C=O) groups excluding carboxylic acids is 1. The molecule has 0 N–H and O–H groups in total. The van der Waals surface area contributed by atoms with E-state index in [9.17, 15) is 4.79 Å². The van der Waals surface area contributed by atoms with E-state index in [4.69, 9.17) is 0 Å². The SMILES string of the molecule is O=C(c1cccs1)N1CCc2ccccc2[C@@H]1c1ccncc1. The van der Waals surface area contributed by atoms with Gasteiger partial charge in [0.2, 0.25) is 0 Å². The second-order valence-corrected chi connectivity index (χ2v) is 6.56. The van der Waals surface area contributed by atoms with Gasteiger partial charge < -0.3 is 4.90 Å². The fourth-order valence-corrected chi connectivity index (χ4v) is 3.91. The highest BCUT2D eigenvalue weighted by atomic mass is 32.1. The Labute approximate surface area is 139 Å². The number of rotatable bonds is 2. The van der Waals surface area contributed by atoms with Gasteiger partial charge in [-0.15, -0.1) is 11.3 Å². The summed E-state index contributed by atoms with van der Waals surface area (Å²) in [6.45, 7) is 0.737. The lowest BCUT2D eigenvalue weighted by atomic mass is 9.88. The molecule has 2 aromatic heterocycles. The molecule has 114 valence electrons. The third-order valence-electron chi connectivity index (χ3n) is 4.30. The first-order valence-corrected chi connectivity index (χ1v) is 8.55. The maximum Gasteiger partial charge on any atom is 0.264 e. The molecule has 3 heterocycles. The summed E-state index contributed by atoms with van der Waals surface area (Å²) in [5, 5.41) is 1.95. The van der Waals surface area contributed by atoms with Crippen molar-refractivity contribution in [3.8, 4) is 0 Å². The van der Waals surface area contributed by atoms with E-state index in [1.807, 2.05) is 40.6 Å². The van der Waals surface area contributed by atoms with Crippen LogP contribution < -0.4 is 0 Å². The summed E-state index contributed by atoms with van der Waals surface area (Å²) >= 11 is 1.50. The quantitative estimate of drug-likeness (QED) is 0.717. The van der Waals surface area contributed by atoms with Crippen LogP contribution in [0.4, 0.5) is 0 Å². The van der Waals surface area contributed by atoms with Crippen molar-refractivity contribution in [2.45, 2.75) is 12.5 Å². The topological polar surface area (TPSA) is 33.2 Å². The number of fused-ring (bicyclic) bond motifs is 1. The van der Waals surface area contributed by atoms with Crippen LogP contribution in [0.25, 0.3) is 0 Å². The molecule has 3 nitrogen and oxygen atoms in total. The van der Waals surface area contributed by atoms with Crippen LogP contribution in [-0.4, -0.2) is 22.3 Å². The van der Waals surface area contributed by atoms with Crippen LogP contribution in [0, 0.1) is 0 Å². The van der Waals surface area contributed by atoms with Gasteiger partial charge in [-0.25, -0.2) is 0 Å². The zero-order valence-electron chi connectivity index (χ0n) is 12.6. The van der Waals surface area contributed by atoms with Gasteiger partial charge in [-0.05, 0) is 46.7 Å². The molecule has 1 amide bonds. The molecule has 3 aromatic rings. The van der Waals surface area contributed by atoms with Gasteiger partial charge in [0.1, 0.15) is 0 Å². The molecule has 4 heteroatoms.